The van der Waals surface area contributed by atoms with E-state index in [-0.39, 0.29) is 0 Å². The number of carbonyl (C=O) groups is 1. The summed E-state index contributed by atoms with van der Waals surface area (Å²) < 4.78 is 5.61. The standard InChI is InChI=1S/C28H38O2/c1-5-27-21-12-17-25(3)15-7-10-19-26(20-13-23-29)18-9-6-14-24(2)16-8-11-22-28(27)30-4/h6-12,14-17,22-23,26H,5,13,18-21H2,1-4H3. The average Bonchev–Trinajstić information content (AvgIpc) is 2.74. The van der Waals surface area contributed by atoms with Crippen molar-refractivity contribution in [3.05, 3.63) is 95.4 Å². The monoisotopic (exact) mass is 406 g/mol. The molecule has 0 radical (unpaired) electrons. The Balaban J connectivity index is 3.09. The van der Waals surface area contributed by atoms with Crippen molar-refractivity contribution in [2.45, 2.75) is 59.3 Å². The second-order valence-corrected chi connectivity index (χ2v) is 7.61. The zero-order chi connectivity index (χ0) is 22.0. The molecule has 0 aromatic rings. The number of rotatable bonds is 5. The van der Waals surface area contributed by atoms with Gasteiger partial charge in [0.2, 0.25) is 0 Å². The first kappa shape index (κ1) is 25.4. The SMILES string of the molecule is CCC1=C(OC)C=CC=CC(C)=CC=CCC(CCC=O)CC=CC=C(C)C=CC1. The number of allylic oxidation sites excluding steroid dienone is 15. The van der Waals surface area contributed by atoms with E-state index in [1.807, 2.05) is 18.2 Å². The number of aldehydes is 1. The fraction of sp³-hybridized carbons (Fsp3) is 0.393. The van der Waals surface area contributed by atoms with Crippen LogP contribution in [0.15, 0.2) is 95.4 Å². The molecule has 1 aliphatic carbocycles. The summed E-state index contributed by atoms with van der Waals surface area (Å²) in [6.45, 7) is 6.37. The van der Waals surface area contributed by atoms with Crippen LogP contribution in [0.4, 0.5) is 0 Å². The normalized spacial score (nSPS) is 19.4. The molecule has 0 heterocycles. The van der Waals surface area contributed by atoms with Gasteiger partial charge in [-0.05, 0) is 63.5 Å². The van der Waals surface area contributed by atoms with Crippen molar-refractivity contribution in [1.29, 1.82) is 0 Å². The summed E-state index contributed by atoms with van der Waals surface area (Å²) in [6, 6.07) is 0. The predicted molar refractivity (Wildman–Crippen MR) is 130 cm³/mol. The Labute approximate surface area is 183 Å². The predicted octanol–water partition coefficient (Wildman–Crippen LogP) is 7.75. The molecular formula is C28H38O2. The number of carbonyl (C=O) groups excluding carboxylic acids is 1. The van der Waals surface area contributed by atoms with Crippen LogP contribution in [0, 0.1) is 5.92 Å². The Kier molecular flexibility index (Phi) is 13.7. The van der Waals surface area contributed by atoms with Crippen molar-refractivity contribution in [2.24, 2.45) is 5.92 Å². The zero-order valence-electron chi connectivity index (χ0n) is 19.1. The van der Waals surface area contributed by atoms with Crippen LogP contribution in [0.3, 0.4) is 0 Å². The average molecular weight is 407 g/mol. The summed E-state index contributed by atoms with van der Waals surface area (Å²) in [7, 11) is 1.73. The molecule has 0 aromatic carbocycles. The Morgan fingerprint density at radius 3 is 2.17 bits per heavy atom. The van der Waals surface area contributed by atoms with Crippen LogP contribution in [0.2, 0.25) is 0 Å². The van der Waals surface area contributed by atoms with Gasteiger partial charge in [0.15, 0.2) is 0 Å². The maximum atomic E-state index is 10.8. The summed E-state index contributed by atoms with van der Waals surface area (Å²) in [5.41, 5.74) is 3.69. The van der Waals surface area contributed by atoms with Gasteiger partial charge in [-0.1, -0.05) is 84.9 Å². The van der Waals surface area contributed by atoms with Gasteiger partial charge in [-0.2, -0.15) is 0 Å². The first-order chi connectivity index (χ1) is 14.6. The molecule has 0 fully saturated rings. The minimum Gasteiger partial charge on any atom is -0.497 e. The summed E-state index contributed by atoms with van der Waals surface area (Å²) in [6.07, 6.45) is 31.9. The van der Waals surface area contributed by atoms with Crippen molar-refractivity contribution in [3.63, 3.8) is 0 Å². The molecule has 162 valence electrons. The van der Waals surface area contributed by atoms with Gasteiger partial charge in [-0.25, -0.2) is 0 Å². The van der Waals surface area contributed by atoms with Crippen LogP contribution >= 0.6 is 0 Å². The van der Waals surface area contributed by atoms with E-state index in [4.69, 9.17) is 4.74 Å². The molecular weight excluding hydrogens is 368 g/mol. The van der Waals surface area contributed by atoms with E-state index in [2.05, 4.69) is 75.5 Å². The van der Waals surface area contributed by atoms with Gasteiger partial charge in [0.05, 0.1) is 7.11 Å². The number of methoxy groups -OCH3 is 1. The quantitative estimate of drug-likeness (QED) is 0.436. The van der Waals surface area contributed by atoms with Crippen LogP contribution in [-0.4, -0.2) is 13.4 Å². The minimum atomic E-state index is 0.495. The highest BCUT2D eigenvalue weighted by Crippen LogP contribution is 2.18. The Bertz CT molecular complexity index is 752. The second kappa shape index (κ2) is 16.2. The molecule has 1 rings (SSSR count). The lowest BCUT2D eigenvalue weighted by Gasteiger charge is -2.10. The largest absolute Gasteiger partial charge is 0.497 e. The third-order valence-electron chi connectivity index (χ3n) is 5.08. The van der Waals surface area contributed by atoms with Gasteiger partial charge in [0, 0.05) is 6.42 Å². The fourth-order valence-corrected chi connectivity index (χ4v) is 3.22. The molecule has 0 N–H and O–H groups in total. The highest BCUT2D eigenvalue weighted by atomic mass is 16.5. The highest BCUT2D eigenvalue weighted by molar-refractivity contribution is 5.49. The van der Waals surface area contributed by atoms with E-state index in [9.17, 15) is 4.79 Å². The van der Waals surface area contributed by atoms with Crippen LogP contribution in [0.1, 0.15) is 59.3 Å². The van der Waals surface area contributed by atoms with Crippen LogP contribution < -0.4 is 0 Å². The van der Waals surface area contributed by atoms with Crippen molar-refractivity contribution in [2.75, 3.05) is 7.11 Å². The molecule has 2 heteroatoms. The lowest BCUT2D eigenvalue weighted by Crippen LogP contribution is -1.98. The van der Waals surface area contributed by atoms with E-state index < -0.39 is 0 Å². The lowest BCUT2D eigenvalue weighted by molar-refractivity contribution is -0.108. The molecule has 0 aliphatic heterocycles. The number of ether oxygens (including phenoxy) is 1. The first-order valence-electron chi connectivity index (χ1n) is 11.0. The molecule has 1 unspecified atom stereocenters. The van der Waals surface area contributed by atoms with E-state index >= 15 is 0 Å². The number of hydrogen-bond donors (Lipinski definition) is 0. The van der Waals surface area contributed by atoms with Crippen molar-refractivity contribution < 1.29 is 9.53 Å². The van der Waals surface area contributed by atoms with E-state index in [0.717, 1.165) is 44.1 Å². The molecule has 0 spiro atoms. The number of hydrogen-bond acceptors (Lipinski definition) is 2. The Morgan fingerprint density at radius 1 is 0.933 bits per heavy atom. The topological polar surface area (TPSA) is 26.3 Å². The Morgan fingerprint density at radius 2 is 1.57 bits per heavy atom. The third-order valence-corrected chi connectivity index (χ3v) is 5.08. The van der Waals surface area contributed by atoms with Gasteiger partial charge < -0.3 is 9.53 Å². The fourth-order valence-electron chi connectivity index (χ4n) is 3.22. The molecule has 0 bridgehead atoms. The smallest absolute Gasteiger partial charge is 0.120 e. The maximum Gasteiger partial charge on any atom is 0.120 e. The molecule has 0 amide bonds. The van der Waals surface area contributed by atoms with Gasteiger partial charge >= 0.3 is 0 Å². The van der Waals surface area contributed by atoms with Gasteiger partial charge in [-0.15, -0.1) is 0 Å². The summed E-state index contributed by atoms with van der Waals surface area (Å²) in [5.74, 6) is 1.43. The van der Waals surface area contributed by atoms with Crippen LogP contribution in [0.25, 0.3) is 0 Å². The summed E-state index contributed by atoms with van der Waals surface area (Å²) in [4.78, 5) is 10.8. The van der Waals surface area contributed by atoms with Gasteiger partial charge in [0.25, 0.3) is 0 Å². The minimum absolute atomic E-state index is 0.495. The van der Waals surface area contributed by atoms with E-state index in [0.29, 0.717) is 12.3 Å². The van der Waals surface area contributed by atoms with Gasteiger partial charge in [0.1, 0.15) is 12.0 Å². The highest BCUT2D eigenvalue weighted by Gasteiger charge is 2.04. The first-order valence-corrected chi connectivity index (χ1v) is 11.0. The molecule has 30 heavy (non-hydrogen) atoms. The Hall–Kier alpha value is -2.61. The molecule has 2 nitrogen and oxygen atoms in total. The summed E-state index contributed by atoms with van der Waals surface area (Å²) in [5, 5.41) is 0. The maximum absolute atomic E-state index is 10.8. The van der Waals surface area contributed by atoms with Crippen LogP contribution in [0.5, 0.6) is 0 Å². The lowest BCUT2D eigenvalue weighted by atomic mass is 9.95. The molecule has 1 atom stereocenters. The molecule has 0 saturated carbocycles. The zero-order valence-corrected chi connectivity index (χ0v) is 19.1. The summed E-state index contributed by atoms with van der Waals surface area (Å²) >= 11 is 0. The van der Waals surface area contributed by atoms with Gasteiger partial charge in [-0.3, -0.25) is 0 Å². The van der Waals surface area contributed by atoms with Crippen LogP contribution in [-0.2, 0) is 9.53 Å². The van der Waals surface area contributed by atoms with E-state index in [1.54, 1.807) is 7.11 Å². The van der Waals surface area contributed by atoms with Crippen molar-refractivity contribution in [1.82, 2.24) is 0 Å². The molecule has 1 aliphatic rings. The van der Waals surface area contributed by atoms with Crippen molar-refractivity contribution >= 4 is 6.29 Å². The van der Waals surface area contributed by atoms with Crippen molar-refractivity contribution in [3.8, 4) is 0 Å². The van der Waals surface area contributed by atoms with E-state index in [1.165, 1.54) is 16.7 Å². The molecule has 0 aromatic heterocycles. The second-order valence-electron chi connectivity index (χ2n) is 7.61. The molecule has 0 saturated heterocycles. The third kappa shape index (κ3) is 11.4.